The number of aromatic hydroxyl groups is 1. The average Bonchev–Trinajstić information content (AvgIpc) is 3.40. The first-order valence-electron chi connectivity index (χ1n) is 18.1. The zero-order valence-corrected chi connectivity index (χ0v) is 36.6. The number of aryl methyl sites for hydroxylation is 1. The Morgan fingerprint density at radius 2 is 1.13 bits per heavy atom. The maximum atomic E-state index is 12.8. The summed E-state index contributed by atoms with van der Waals surface area (Å²) in [6, 6.07) is 44.4. The number of benzene rings is 5. The first-order chi connectivity index (χ1) is 24.4. The van der Waals surface area contributed by atoms with Gasteiger partial charge in [0.2, 0.25) is 0 Å². The summed E-state index contributed by atoms with van der Waals surface area (Å²) in [5, 5.41) is 37.3. The van der Waals surface area contributed by atoms with Crippen molar-refractivity contribution in [2.75, 3.05) is 6.54 Å². The largest absolute Gasteiger partial charge is 2.00 e. The molecule has 4 atom stereocenters. The van der Waals surface area contributed by atoms with Crippen molar-refractivity contribution in [3.8, 4) is 5.75 Å². The first-order valence-corrected chi connectivity index (χ1v) is 18.1. The topological polar surface area (TPSA) is 66.9 Å². The second-order valence-electron chi connectivity index (χ2n) is 14.1. The third-order valence-electron chi connectivity index (χ3n) is 11.6. The molecule has 0 spiro atoms. The Kier molecular flexibility index (Phi) is 12.8. The van der Waals surface area contributed by atoms with Crippen LogP contribution in [0.5, 0.6) is 5.75 Å². The summed E-state index contributed by atoms with van der Waals surface area (Å²) >= 11 is 0. The van der Waals surface area contributed by atoms with E-state index in [1.54, 1.807) is 6.92 Å². The van der Waals surface area contributed by atoms with E-state index >= 15 is 0 Å². The van der Waals surface area contributed by atoms with Gasteiger partial charge in [0.1, 0.15) is 17.0 Å². The van der Waals surface area contributed by atoms with Gasteiger partial charge in [-0.1, -0.05) is 139 Å². The van der Waals surface area contributed by atoms with Crippen LogP contribution in [0.25, 0.3) is 0 Å². The minimum absolute atomic E-state index is 0. The van der Waals surface area contributed by atoms with E-state index in [4.69, 9.17) is 0 Å². The minimum Gasteiger partial charge on any atom is -0.507 e. The number of phenolic OH excluding ortho intramolecular Hbond substituents is 1. The van der Waals surface area contributed by atoms with E-state index in [1.165, 1.54) is 0 Å². The van der Waals surface area contributed by atoms with E-state index in [0.717, 1.165) is 71.2 Å². The van der Waals surface area contributed by atoms with Crippen molar-refractivity contribution in [3.63, 3.8) is 0 Å². The quantitative estimate of drug-likeness (QED) is 0.0759. The Labute approximate surface area is 335 Å². The van der Waals surface area contributed by atoms with Crippen molar-refractivity contribution in [3.05, 3.63) is 179 Å². The normalized spacial score (nSPS) is 22.1. The number of aliphatic hydroxyl groups is 2. The van der Waals surface area contributed by atoms with Crippen LogP contribution in [0.2, 0.25) is 0 Å². The molecule has 1 saturated carbocycles. The van der Waals surface area contributed by atoms with Crippen molar-refractivity contribution in [2.45, 2.75) is 81.4 Å². The molecule has 3 aliphatic rings. The third-order valence-corrected chi connectivity index (χ3v) is 11.6. The molecule has 260 valence electrons. The monoisotopic (exact) mass is 793 g/mol. The van der Waals surface area contributed by atoms with Gasteiger partial charge in [-0.3, -0.25) is 9.80 Å². The number of rotatable bonds is 10. The molecule has 1 aliphatic carbocycles. The van der Waals surface area contributed by atoms with Gasteiger partial charge >= 0.3 is 19.5 Å². The van der Waals surface area contributed by atoms with Gasteiger partial charge in [0.15, 0.2) is 0 Å². The number of likely N-dealkylation sites (tertiary alicyclic amines) is 2. The Balaban J connectivity index is 0.00000129. The number of fused-ring (bicyclic) bond motifs is 1. The molecule has 3 N–H and O–H groups in total. The Morgan fingerprint density at radius 3 is 1.58 bits per heavy atom. The zero-order valence-electron chi connectivity index (χ0n) is 30.7. The number of hydrogen-bond donors (Lipinski definition) is 3. The smallest absolute Gasteiger partial charge is 0.507 e. The minimum atomic E-state index is -1.19. The van der Waals surface area contributed by atoms with Crippen LogP contribution in [0.4, 0.5) is 0 Å². The molecule has 3 fully saturated rings. The predicted octanol–water partition coefficient (Wildman–Crippen LogP) is 8.09. The Hall–Kier alpha value is -3.01. The summed E-state index contributed by atoms with van der Waals surface area (Å²) < 4.78 is 0. The molecule has 8 rings (SSSR count). The van der Waals surface area contributed by atoms with Crippen molar-refractivity contribution in [2.24, 2.45) is 0 Å². The van der Waals surface area contributed by atoms with Crippen molar-refractivity contribution < 1.29 is 54.3 Å². The van der Waals surface area contributed by atoms with Crippen molar-refractivity contribution >= 4 is 0 Å². The van der Waals surface area contributed by atoms with Crippen LogP contribution >= 0.6 is 0 Å². The van der Waals surface area contributed by atoms with Crippen LogP contribution in [0.15, 0.2) is 133 Å². The SMILES string of the molecule is Cc1cc(CN2CCCC2C(O)(c2ccccc2)c2ccccc2)c(O)c(CN2[C@@H]3CCC32C(O)(c2ccccc2)c2ccccc2)c1.[CH2-]C.[Zn+2].[Zn]. The van der Waals surface area contributed by atoms with Gasteiger partial charge < -0.3 is 22.2 Å². The summed E-state index contributed by atoms with van der Waals surface area (Å²) in [5.41, 5.74) is 3.67. The van der Waals surface area contributed by atoms with Gasteiger partial charge in [0.25, 0.3) is 0 Å². The molecule has 2 aliphatic heterocycles. The molecule has 0 aromatic heterocycles. The van der Waals surface area contributed by atoms with Crippen LogP contribution in [0, 0.1) is 13.8 Å². The number of hydrogen-bond acceptors (Lipinski definition) is 5. The van der Waals surface area contributed by atoms with E-state index in [9.17, 15) is 15.3 Å². The van der Waals surface area contributed by atoms with Crippen LogP contribution in [-0.4, -0.2) is 49.3 Å². The molecule has 2 saturated heterocycles. The third kappa shape index (κ3) is 6.68. The molecule has 52 heavy (non-hydrogen) atoms. The van der Waals surface area contributed by atoms with Gasteiger partial charge in [0, 0.05) is 55.8 Å². The Morgan fingerprint density at radius 1 is 0.692 bits per heavy atom. The molecule has 0 bridgehead atoms. The second-order valence-corrected chi connectivity index (χ2v) is 14.1. The van der Waals surface area contributed by atoms with E-state index in [1.807, 2.05) is 121 Å². The summed E-state index contributed by atoms with van der Waals surface area (Å²) in [7, 11) is 0. The maximum absolute atomic E-state index is 12.8. The fourth-order valence-electron chi connectivity index (χ4n) is 9.21. The van der Waals surface area contributed by atoms with Gasteiger partial charge in [-0.25, -0.2) is 0 Å². The molecule has 5 nitrogen and oxygen atoms in total. The maximum Gasteiger partial charge on any atom is 2.00 e. The van der Waals surface area contributed by atoms with Crippen molar-refractivity contribution in [1.29, 1.82) is 0 Å². The average molecular weight is 797 g/mol. The van der Waals surface area contributed by atoms with Gasteiger partial charge in [-0.15, -0.1) is 0 Å². The van der Waals surface area contributed by atoms with Crippen molar-refractivity contribution in [1.82, 2.24) is 9.80 Å². The molecular formula is C45H49N2O3Zn2+. The summed E-state index contributed by atoms with van der Waals surface area (Å²) in [5.74, 6) is 0.318. The summed E-state index contributed by atoms with van der Waals surface area (Å²) in [6.45, 7) is 9.04. The molecular weight excluding hydrogens is 747 g/mol. The number of phenols is 1. The van der Waals surface area contributed by atoms with E-state index < -0.39 is 16.7 Å². The second kappa shape index (κ2) is 16.6. The molecule has 5 aromatic carbocycles. The Bertz CT molecular complexity index is 1790. The fourth-order valence-corrected chi connectivity index (χ4v) is 9.21. The van der Waals surface area contributed by atoms with E-state index in [-0.39, 0.29) is 51.0 Å². The van der Waals surface area contributed by atoms with Crippen LogP contribution in [0.1, 0.15) is 71.6 Å². The van der Waals surface area contributed by atoms with Crippen LogP contribution < -0.4 is 0 Å². The molecule has 3 unspecified atom stereocenters. The van der Waals surface area contributed by atoms with Crippen LogP contribution in [-0.2, 0) is 63.2 Å². The van der Waals surface area contributed by atoms with E-state index in [2.05, 4.69) is 35.8 Å². The standard InChI is InChI=1S/C43H44N2O3.C2H5.2Zn/c1-31-27-32(29-44-26-14-23-39(44)42(47,34-15-6-2-7-16-34)35-17-8-3-9-18-35)40(46)33(28-31)30-45-38-24-25-41(38,45)43(48,36-19-10-4-11-20-36)37-21-12-5-13-22-37;1-2;;/h2-13,15-22,27-28,38-39,46-48H,14,23-26,29-30H2,1H3;1H2,2H3;;/q;-1;;+2/t38-,39?,41?,45?;;;/m1.../s1. The summed E-state index contributed by atoms with van der Waals surface area (Å²) in [6.07, 6.45) is 3.75. The van der Waals surface area contributed by atoms with Gasteiger partial charge in [-0.2, -0.15) is 6.92 Å². The first kappa shape index (κ1) is 40.2. The van der Waals surface area contributed by atoms with E-state index in [0.29, 0.717) is 18.8 Å². The molecule has 7 heteroatoms. The fraction of sp³-hybridized carbons (Fsp3) is 0.311. The zero-order chi connectivity index (χ0) is 34.9. The molecule has 2 heterocycles. The van der Waals surface area contributed by atoms with Gasteiger partial charge in [0.05, 0.1) is 5.54 Å². The van der Waals surface area contributed by atoms with Crippen LogP contribution in [0.3, 0.4) is 0 Å². The summed E-state index contributed by atoms with van der Waals surface area (Å²) in [4.78, 5) is 4.76. The molecule has 5 aromatic rings. The molecule has 0 amide bonds. The number of nitrogens with zero attached hydrogens (tertiary/aromatic N) is 2. The van der Waals surface area contributed by atoms with Gasteiger partial charge in [-0.05, 0) is 61.4 Å². The molecule has 0 radical (unpaired) electrons. The predicted molar refractivity (Wildman–Crippen MR) is 200 cm³/mol.